The molecule has 0 unspecified atom stereocenters. The number of hydrogen-bond acceptors (Lipinski definition) is 7. The standard InChI is InChI=1S/C6H10O7/c7-1-2(8)3(9)4(10)5-6(11)13-12-5/h2-5,7-10H,1H2/t2-,3-,4+,5-/m1/s1. The fourth-order valence-electron chi connectivity index (χ4n) is 0.854. The highest BCUT2D eigenvalue weighted by molar-refractivity contribution is 5.77. The Hall–Kier alpha value is -0.730. The molecule has 0 aliphatic carbocycles. The molecule has 4 atom stereocenters. The average Bonchev–Trinajstić information content (AvgIpc) is 2.12. The topological polar surface area (TPSA) is 116 Å². The lowest BCUT2D eigenvalue weighted by atomic mass is 10.0. The smallest absolute Gasteiger partial charge is 0.378 e. The van der Waals surface area contributed by atoms with E-state index in [0.717, 1.165) is 0 Å². The van der Waals surface area contributed by atoms with E-state index in [4.69, 9.17) is 20.4 Å². The van der Waals surface area contributed by atoms with E-state index < -0.39 is 37.0 Å². The third kappa shape index (κ3) is 1.95. The Morgan fingerprint density at radius 1 is 1.38 bits per heavy atom. The Morgan fingerprint density at radius 2 is 2.00 bits per heavy atom. The molecule has 0 radical (unpaired) electrons. The van der Waals surface area contributed by atoms with Gasteiger partial charge >= 0.3 is 5.97 Å². The monoisotopic (exact) mass is 194 g/mol. The van der Waals surface area contributed by atoms with Gasteiger partial charge < -0.3 is 20.4 Å². The fourth-order valence-corrected chi connectivity index (χ4v) is 0.854. The summed E-state index contributed by atoms with van der Waals surface area (Å²) in [6, 6.07) is 0. The molecule has 1 aliphatic rings. The second-order valence-corrected chi connectivity index (χ2v) is 2.65. The van der Waals surface area contributed by atoms with Gasteiger partial charge in [-0.3, -0.25) is 4.89 Å². The lowest BCUT2D eigenvalue weighted by Gasteiger charge is -2.30. The molecule has 13 heavy (non-hydrogen) atoms. The number of rotatable bonds is 4. The van der Waals surface area contributed by atoms with E-state index in [1.807, 2.05) is 0 Å². The van der Waals surface area contributed by atoms with E-state index in [0.29, 0.717) is 0 Å². The van der Waals surface area contributed by atoms with Gasteiger partial charge in [0.1, 0.15) is 18.3 Å². The van der Waals surface area contributed by atoms with Crippen LogP contribution >= 0.6 is 0 Å². The minimum atomic E-state index is -1.65. The second kappa shape index (κ2) is 3.99. The predicted molar refractivity (Wildman–Crippen MR) is 36.1 cm³/mol. The van der Waals surface area contributed by atoms with Crippen LogP contribution in [0.25, 0.3) is 0 Å². The summed E-state index contributed by atoms with van der Waals surface area (Å²) >= 11 is 0. The highest BCUT2D eigenvalue weighted by Gasteiger charge is 2.45. The molecule has 0 aromatic rings. The van der Waals surface area contributed by atoms with E-state index in [9.17, 15) is 4.79 Å². The largest absolute Gasteiger partial charge is 0.394 e. The van der Waals surface area contributed by atoms with Crippen molar-refractivity contribution in [3.8, 4) is 0 Å². The molecule has 4 N–H and O–H groups in total. The summed E-state index contributed by atoms with van der Waals surface area (Å²) < 4.78 is 0. The van der Waals surface area contributed by atoms with Gasteiger partial charge in [0, 0.05) is 0 Å². The fraction of sp³-hybridized carbons (Fsp3) is 0.833. The summed E-state index contributed by atoms with van der Waals surface area (Å²) in [6.07, 6.45) is -6.07. The van der Waals surface area contributed by atoms with Gasteiger partial charge in [-0.25, -0.2) is 4.79 Å². The molecule has 0 bridgehead atoms. The molecular formula is C6H10O7. The Balaban J connectivity index is 2.46. The molecule has 1 heterocycles. The molecule has 1 saturated heterocycles. The molecule has 7 heteroatoms. The maximum Gasteiger partial charge on any atom is 0.378 e. The molecule has 1 aliphatic heterocycles. The van der Waals surface area contributed by atoms with Gasteiger partial charge in [-0.1, -0.05) is 0 Å². The second-order valence-electron chi connectivity index (χ2n) is 2.65. The van der Waals surface area contributed by atoms with Crippen LogP contribution in [-0.4, -0.2) is 57.4 Å². The van der Waals surface area contributed by atoms with E-state index >= 15 is 0 Å². The van der Waals surface area contributed by atoms with Crippen LogP contribution in [0.3, 0.4) is 0 Å². The molecule has 76 valence electrons. The van der Waals surface area contributed by atoms with Crippen molar-refractivity contribution in [2.24, 2.45) is 0 Å². The van der Waals surface area contributed by atoms with Crippen molar-refractivity contribution < 1.29 is 35.0 Å². The summed E-state index contributed by atoms with van der Waals surface area (Å²) in [7, 11) is 0. The van der Waals surface area contributed by atoms with Crippen molar-refractivity contribution in [3.05, 3.63) is 0 Å². The number of hydrogen-bond donors (Lipinski definition) is 4. The predicted octanol–water partition coefficient (Wildman–Crippen LogP) is -3.08. The van der Waals surface area contributed by atoms with Crippen LogP contribution in [0.5, 0.6) is 0 Å². The van der Waals surface area contributed by atoms with E-state index in [2.05, 4.69) is 9.78 Å². The van der Waals surface area contributed by atoms with Crippen LogP contribution < -0.4 is 0 Å². The van der Waals surface area contributed by atoms with E-state index in [1.54, 1.807) is 0 Å². The summed E-state index contributed by atoms with van der Waals surface area (Å²) in [5.74, 6) is -0.823. The van der Waals surface area contributed by atoms with Crippen LogP contribution in [-0.2, 0) is 14.6 Å². The number of aliphatic hydroxyl groups excluding tert-OH is 4. The SMILES string of the molecule is O=C1OO[C@@H]1[C@@H](O)[C@H](O)[C@H](O)CO. The van der Waals surface area contributed by atoms with Crippen LogP contribution in [0.4, 0.5) is 0 Å². The van der Waals surface area contributed by atoms with Crippen LogP contribution in [0.1, 0.15) is 0 Å². The van der Waals surface area contributed by atoms with Gasteiger partial charge in [-0.15, -0.1) is 0 Å². The molecule has 1 rings (SSSR count). The van der Waals surface area contributed by atoms with E-state index in [1.165, 1.54) is 0 Å². The molecule has 0 amide bonds. The first-order valence-electron chi connectivity index (χ1n) is 3.60. The van der Waals surface area contributed by atoms with Crippen molar-refractivity contribution >= 4 is 5.97 Å². The van der Waals surface area contributed by atoms with Crippen molar-refractivity contribution in [1.82, 2.24) is 0 Å². The molecule has 0 spiro atoms. The first-order valence-corrected chi connectivity index (χ1v) is 3.60. The quantitative estimate of drug-likeness (QED) is 0.350. The van der Waals surface area contributed by atoms with Crippen LogP contribution in [0.15, 0.2) is 0 Å². The van der Waals surface area contributed by atoms with Gasteiger partial charge in [-0.05, 0) is 0 Å². The maximum atomic E-state index is 10.5. The zero-order chi connectivity index (χ0) is 10.0. The van der Waals surface area contributed by atoms with Crippen molar-refractivity contribution in [3.63, 3.8) is 0 Å². The minimum Gasteiger partial charge on any atom is -0.394 e. The lowest BCUT2D eigenvalue weighted by molar-refractivity contribution is -0.380. The first kappa shape index (κ1) is 10.4. The van der Waals surface area contributed by atoms with E-state index in [-0.39, 0.29) is 0 Å². The summed E-state index contributed by atoms with van der Waals surface area (Å²) in [4.78, 5) is 18.6. The molecular weight excluding hydrogens is 184 g/mol. The Morgan fingerprint density at radius 3 is 2.31 bits per heavy atom. The van der Waals surface area contributed by atoms with Crippen molar-refractivity contribution in [2.75, 3.05) is 6.61 Å². The summed E-state index contributed by atoms with van der Waals surface area (Å²) in [6.45, 7) is -0.722. The van der Waals surface area contributed by atoms with Gasteiger partial charge in [0.15, 0.2) is 0 Å². The van der Waals surface area contributed by atoms with Crippen molar-refractivity contribution in [2.45, 2.75) is 24.4 Å². The third-order valence-corrected chi connectivity index (χ3v) is 1.71. The third-order valence-electron chi connectivity index (χ3n) is 1.71. The normalized spacial score (nSPS) is 28.6. The lowest BCUT2D eigenvalue weighted by Crippen LogP contribution is -2.55. The van der Waals surface area contributed by atoms with Gasteiger partial charge in [0.05, 0.1) is 6.61 Å². The van der Waals surface area contributed by atoms with Gasteiger partial charge in [-0.2, -0.15) is 4.89 Å². The molecule has 7 nitrogen and oxygen atoms in total. The number of aliphatic hydroxyl groups is 4. The molecule has 0 saturated carbocycles. The van der Waals surface area contributed by atoms with Gasteiger partial charge in [0.25, 0.3) is 0 Å². The zero-order valence-electron chi connectivity index (χ0n) is 6.53. The molecule has 0 aromatic carbocycles. The summed E-state index contributed by atoms with van der Waals surface area (Å²) in [5.41, 5.74) is 0. The number of carbonyl (C=O) groups is 1. The Labute approximate surface area is 73.1 Å². The minimum absolute atomic E-state index is 0.722. The van der Waals surface area contributed by atoms with Crippen LogP contribution in [0, 0.1) is 0 Å². The van der Waals surface area contributed by atoms with Gasteiger partial charge in [0.2, 0.25) is 6.10 Å². The first-order chi connectivity index (χ1) is 6.07. The maximum absolute atomic E-state index is 10.5. The van der Waals surface area contributed by atoms with Crippen LogP contribution in [0.2, 0.25) is 0 Å². The Kier molecular flexibility index (Phi) is 3.17. The van der Waals surface area contributed by atoms with Crippen molar-refractivity contribution in [1.29, 1.82) is 0 Å². The highest BCUT2D eigenvalue weighted by Crippen LogP contribution is 2.17. The Bertz CT molecular complexity index is 193. The molecule has 1 fully saturated rings. The molecule has 0 aromatic heterocycles. The highest BCUT2D eigenvalue weighted by atomic mass is 17.3. The zero-order valence-corrected chi connectivity index (χ0v) is 6.53. The number of carbonyl (C=O) groups excluding carboxylic acids is 1. The summed E-state index contributed by atoms with van der Waals surface area (Å²) in [5, 5.41) is 35.6. The average molecular weight is 194 g/mol.